The number of ether oxygens (including phenoxy) is 1. The van der Waals surface area contributed by atoms with Crippen LogP contribution in [0.25, 0.3) is 0 Å². The van der Waals surface area contributed by atoms with Crippen molar-refractivity contribution in [3.05, 3.63) is 0 Å². The lowest BCUT2D eigenvalue weighted by Gasteiger charge is -2.23. The zero-order valence-electron chi connectivity index (χ0n) is 13.1. The summed E-state index contributed by atoms with van der Waals surface area (Å²) < 4.78 is 5.71. The second-order valence-electron chi connectivity index (χ2n) is 6.02. The monoisotopic (exact) mass is 269 g/mol. The van der Waals surface area contributed by atoms with Gasteiger partial charge in [-0.15, -0.1) is 0 Å². The van der Waals surface area contributed by atoms with Crippen LogP contribution in [0.3, 0.4) is 0 Å². The minimum absolute atomic E-state index is 0.493. The highest BCUT2D eigenvalue weighted by atomic mass is 16.5. The molecule has 2 heteroatoms. The second-order valence-corrected chi connectivity index (χ2v) is 6.02. The lowest BCUT2D eigenvalue weighted by atomic mass is 10.0. The Hall–Kier alpha value is -0.0800. The summed E-state index contributed by atoms with van der Waals surface area (Å²) in [5, 5.41) is 3.40. The van der Waals surface area contributed by atoms with Gasteiger partial charge in [0, 0.05) is 13.1 Å². The molecule has 0 saturated carbocycles. The molecule has 0 aromatic heterocycles. The Bertz CT molecular complexity index is 178. The van der Waals surface area contributed by atoms with E-state index >= 15 is 0 Å². The van der Waals surface area contributed by atoms with E-state index in [-0.39, 0.29) is 0 Å². The van der Waals surface area contributed by atoms with Gasteiger partial charge in [-0.2, -0.15) is 0 Å². The Morgan fingerprint density at radius 1 is 0.842 bits per heavy atom. The Balaban J connectivity index is 1.71. The van der Waals surface area contributed by atoms with Gasteiger partial charge < -0.3 is 10.1 Å². The molecule has 0 amide bonds. The van der Waals surface area contributed by atoms with Crippen LogP contribution in [0.4, 0.5) is 0 Å². The SMILES string of the molecule is CCCCCCCCCCCCCC1CNCCO1. The van der Waals surface area contributed by atoms with Gasteiger partial charge in [0.15, 0.2) is 0 Å². The van der Waals surface area contributed by atoms with Crippen molar-refractivity contribution < 1.29 is 4.74 Å². The van der Waals surface area contributed by atoms with E-state index in [1.807, 2.05) is 0 Å². The van der Waals surface area contributed by atoms with E-state index in [9.17, 15) is 0 Å². The van der Waals surface area contributed by atoms with E-state index in [0.717, 1.165) is 19.7 Å². The minimum atomic E-state index is 0.493. The number of morpholine rings is 1. The molecule has 1 saturated heterocycles. The van der Waals surface area contributed by atoms with Crippen molar-refractivity contribution in [3.8, 4) is 0 Å². The van der Waals surface area contributed by atoms with Gasteiger partial charge in [0.05, 0.1) is 12.7 Å². The number of hydrogen-bond donors (Lipinski definition) is 1. The maximum Gasteiger partial charge on any atom is 0.0700 e. The first-order valence-electron chi connectivity index (χ1n) is 8.76. The van der Waals surface area contributed by atoms with E-state index in [1.165, 1.54) is 77.0 Å². The van der Waals surface area contributed by atoms with E-state index in [0.29, 0.717) is 6.10 Å². The predicted molar refractivity (Wildman–Crippen MR) is 83.7 cm³/mol. The van der Waals surface area contributed by atoms with Gasteiger partial charge in [0.25, 0.3) is 0 Å². The molecule has 1 unspecified atom stereocenters. The summed E-state index contributed by atoms with van der Waals surface area (Å²) in [6.45, 7) is 5.30. The summed E-state index contributed by atoms with van der Waals surface area (Å²) in [5.41, 5.74) is 0. The fourth-order valence-corrected chi connectivity index (χ4v) is 2.84. The predicted octanol–water partition coefficient (Wildman–Crippen LogP) is 4.68. The molecule has 0 radical (unpaired) electrons. The third kappa shape index (κ3) is 10.4. The van der Waals surface area contributed by atoms with Crippen LogP contribution in [-0.4, -0.2) is 25.8 Å². The molecule has 114 valence electrons. The van der Waals surface area contributed by atoms with Gasteiger partial charge in [0.2, 0.25) is 0 Å². The lowest BCUT2D eigenvalue weighted by molar-refractivity contribution is 0.0220. The van der Waals surface area contributed by atoms with Gasteiger partial charge in [-0.25, -0.2) is 0 Å². The zero-order valence-corrected chi connectivity index (χ0v) is 13.1. The molecule has 0 spiro atoms. The zero-order chi connectivity index (χ0) is 13.6. The topological polar surface area (TPSA) is 21.3 Å². The summed E-state index contributed by atoms with van der Waals surface area (Å²) in [6, 6.07) is 0. The third-order valence-electron chi connectivity index (χ3n) is 4.13. The van der Waals surface area contributed by atoms with Gasteiger partial charge in [-0.3, -0.25) is 0 Å². The largest absolute Gasteiger partial charge is 0.376 e. The maximum absolute atomic E-state index is 5.71. The first-order chi connectivity index (χ1) is 9.43. The molecule has 1 heterocycles. The average molecular weight is 269 g/mol. The summed E-state index contributed by atoms with van der Waals surface area (Å²) in [5.74, 6) is 0. The van der Waals surface area contributed by atoms with E-state index in [2.05, 4.69) is 12.2 Å². The molecule has 0 aromatic rings. The van der Waals surface area contributed by atoms with Crippen molar-refractivity contribution in [2.24, 2.45) is 0 Å². The standard InChI is InChI=1S/C17H35NO/c1-2-3-4-5-6-7-8-9-10-11-12-13-17-16-18-14-15-19-17/h17-18H,2-16H2,1H3. The van der Waals surface area contributed by atoms with Crippen LogP contribution in [0.2, 0.25) is 0 Å². The first kappa shape index (κ1) is 17.0. The van der Waals surface area contributed by atoms with Gasteiger partial charge in [0.1, 0.15) is 0 Å². The van der Waals surface area contributed by atoms with Crippen molar-refractivity contribution in [2.75, 3.05) is 19.7 Å². The average Bonchev–Trinajstić information content (AvgIpc) is 2.46. The number of hydrogen-bond acceptors (Lipinski definition) is 2. The normalized spacial score (nSPS) is 19.7. The van der Waals surface area contributed by atoms with Crippen molar-refractivity contribution in [1.29, 1.82) is 0 Å². The highest BCUT2D eigenvalue weighted by Crippen LogP contribution is 2.13. The Kier molecular flexibility index (Phi) is 11.5. The van der Waals surface area contributed by atoms with Crippen LogP contribution in [0.1, 0.15) is 84.0 Å². The van der Waals surface area contributed by atoms with Crippen LogP contribution < -0.4 is 5.32 Å². The number of rotatable bonds is 12. The lowest BCUT2D eigenvalue weighted by Crippen LogP contribution is -2.38. The first-order valence-corrected chi connectivity index (χ1v) is 8.76. The molecule has 1 aliphatic rings. The molecule has 1 N–H and O–H groups in total. The van der Waals surface area contributed by atoms with Crippen LogP contribution in [-0.2, 0) is 4.74 Å². The molecule has 2 nitrogen and oxygen atoms in total. The van der Waals surface area contributed by atoms with E-state index in [4.69, 9.17) is 4.74 Å². The summed E-state index contributed by atoms with van der Waals surface area (Å²) in [7, 11) is 0. The second kappa shape index (κ2) is 12.9. The van der Waals surface area contributed by atoms with E-state index in [1.54, 1.807) is 0 Å². The van der Waals surface area contributed by atoms with Gasteiger partial charge in [-0.05, 0) is 6.42 Å². The van der Waals surface area contributed by atoms with Crippen molar-refractivity contribution in [3.63, 3.8) is 0 Å². The van der Waals surface area contributed by atoms with Crippen LogP contribution in [0, 0.1) is 0 Å². The molecule has 1 rings (SSSR count). The van der Waals surface area contributed by atoms with Crippen molar-refractivity contribution >= 4 is 0 Å². The summed E-state index contributed by atoms with van der Waals surface area (Å²) >= 11 is 0. The highest BCUT2D eigenvalue weighted by molar-refractivity contribution is 4.66. The minimum Gasteiger partial charge on any atom is -0.376 e. The number of unbranched alkanes of at least 4 members (excludes halogenated alkanes) is 10. The quantitative estimate of drug-likeness (QED) is 0.520. The number of nitrogens with one attached hydrogen (secondary N) is 1. The molecule has 0 aromatic carbocycles. The molecule has 19 heavy (non-hydrogen) atoms. The van der Waals surface area contributed by atoms with Crippen LogP contribution in [0.15, 0.2) is 0 Å². The summed E-state index contributed by atoms with van der Waals surface area (Å²) in [4.78, 5) is 0. The van der Waals surface area contributed by atoms with Gasteiger partial charge in [-0.1, -0.05) is 77.6 Å². The maximum atomic E-state index is 5.71. The highest BCUT2D eigenvalue weighted by Gasteiger charge is 2.11. The van der Waals surface area contributed by atoms with Crippen LogP contribution in [0.5, 0.6) is 0 Å². The molecule has 0 bridgehead atoms. The molecule has 1 aliphatic heterocycles. The summed E-state index contributed by atoms with van der Waals surface area (Å²) in [6.07, 6.45) is 17.4. The van der Waals surface area contributed by atoms with Crippen molar-refractivity contribution in [1.82, 2.24) is 5.32 Å². The van der Waals surface area contributed by atoms with Gasteiger partial charge >= 0.3 is 0 Å². The van der Waals surface area contributed by atoms with E-state index < -0.39 is 0 Å². The van der Waals surface area contributed by atoms with Crippen molar-refractivity contribution in [2.45, 2.75) is 90.1 Å². The fraction of sp³-hybridized carbons (Fsp3) is 1.00. The Morgan fingerprint density at radius 2 is 1.42 bits per heavy atom. The third-order valence-corrected chi connectivity index (χ3v) is 4.13. The fourth-order valence-electron chi connectivity index (χ4n) is 2.84. The molecule has 0 aliphatic carbocycles. The molecular formula is C17H35NO. The molecule has 1 fully saturated rings. The Labute approximate surface area is 120 Å². The molecular weight excluding hydrogens is 234 g/mol. The Morgan fingerprint density at radius 3 is 1.95 bits per heavy atom. The van der Waals surface area contributed by atoms with Crippen LogP contribution >= 0.6 is 0 Å². The smallest absolute Gasteiger partial charge is 0.0700 e. The molecule has 1 atom stereocenters.